The molecule has 8 aromatic rings. The lowest BCUT2D eigenvalue weighted by Crippen LogP contribution is -2.62. The van der Waals surface area contributed by atoms with Crippen LogP contribution in [0.25, 0.3) is 31.3 Å². The first-order valence-electron chi connectivity index (χ1n) is 23.2. The third-order valence-electron chi connectivity index (χ3n) is 15.8. The minimum Gasteiger partial charge on any atom is -0.311 e. The van der Waals surface area contributed by atoms with Gasteiger partial charge in [0, 0.05) is 43.9 Å². The zero-order chi connectivity index (χ0) is 43.5. The van der Waals surface area contributed by atoms with Gasteiger partial charge in [0.2, 0.25) is 0 Å². The summed E-state index contributed by atoms with van der Waals surface area (Å²) in [5.74, 6) is 0. The van der Waals surface area contributed by atoms with Crippen LogP contribution in [0.2, 0.25) is 0 Å². The number of thiophene rings is 1. The summed E-state index contributed by atoms with van der Waals surface area (Å²) >= 11 is 1.93. The Hall–Kier alpha value is -5.58. The molecule has 0 N–H and O–H groups in total. The summed E-state index contributed by atoms with van der Waals surface area (Å²) in [5.41, 5.74) is 23.4. The molecule has 0 fully saturated rings. The van der Waals surface area contributed by atoms with Crippen molar-refractivity contribution < 1.29 is 0 Å². The third-order valence-corrected chi connectivity index (χ3v) is 17.0. The van der Waals surface area contributed by atoms with Crippen molar-refractivity contribution in [1.29, 1.82) is 0 Å². The average Bonchev–Trinajstić information content (AvgIpc) is 3.72. The fourth-order valence-corrected chi connectivity index (χ4v) is 14.0. The highest BCUT2D eigenvalue weighted by atomic mass is 32.1. The lowest BCUT2D eigenvalue weighted by molar-refractivity contribution is 0.332. The Morgan fingerprint density at radius 2 is 1.05 bits per heavy atom. The molecule has 4 aliphatic rings. The van der Waals surface area contributed by atoms with Gasteiger partial charge in [-0.3, -0.25) is 0 Å². The fourth-order valence-electron chi connectivity index (χ4n) is 12.8. The van der Waals surface area contributed by atoms with Crippen molar-refractivity contribution in [2.24, 2.45) is 0 Å². The number of benzene rings is 7. The zero-order valence-electron chi connectivity index (χ0n) is 38.6. The van der Waals surface area contributed by atoms with Gasteiger partial charge < -0.3 is 9.80 Å². The summed E-state index contributed by atoms with van der Waals surface area (Å²) in [6.07, 6.45) is 3.49. The number of anilines is 6. The van der Waals surface area contributed by atoms with E-state index >= 15 is 0 Å². The molecule has 0 saturated carbocycles. The molecule has 0 bridgehead atoms. The Morgan fingerprint density at radius 3 is 1.78 bits per heavy atom. The highest BCUT2D eigenvalue weighted by Gasteiger charge is 2.48. The lowest BCUT2D eigenvalue weighted by atomic mass is 9.33. The van der Waals surface area contributed by atoms with E-state index in [0.29, 0.717) is 0 Å². The van der Waals surface area contributed by atoms with Gasteiger partial charge in [0.25, 0.3) is 6.71 Å². The molecule has 0 saturated heterocycles. The highest BCUT2D eigenvalue weighted by Crippen LogP contribution is 2.55. The minimum atomic E-state index is 0.0367. The van der Waals surface area contributed by atoms with E-state index in [9.17, 15) is 0 Å². The Bertz CT molecular complexity index is 3260. The van der Waals surface area contributed by atoms with Crippen LogP contribution in [0.5, 0.6) is 0 Å². The molecule has 0 radical (unpaired) electrons. The zero-order valence-corrected chi connectivity index (χ0v) is 39.4. The van der Waals surface area contributed by atoms with Crippen LogP contribution in [0.3, 0.4) is 0 Å². The molecule has 0 unspecified atom stereocenters. The Kier molecular flexibility index (Phi) is 8.06. The van der Waals surface area contributed by atoms with Crippen molar-refractivity contribution in [1.82, 2.24) is 0 Å². The fraction of sp³-hybridized carbons (Fsp3) is 0.288. The van der Waals surface area contributed by atoms with Crippen molar-refractivity contribution in [2.45, 2.75) is 110 Å². The van der Waals surface area contributed by atoms with Gasteiger partial charge in [-0.25, -0.2) is 0 Å². The van der Waals surface area contributed by atoms with E-state index < -0.39 is 0 Å². The molecule has 2 aliphatic heterocycles. The quantitative estimate of drug-likeness (QED) is 0.164. The van der Waals surface area contributed by atoms with Gasteiger partial charge in [-0.05, 0) is 158 Å². The predicted molar refractivity (Wildman–Crippen MR) is 274 cm³/mol. The van der Waals surface area contributed by atoms with Crippen molar-refractivity contribution in [2.75, 3.05) is 9.80 Å². The first-order valence-corrected chi connectivity index (χ1v) is 24.0. The van der Waals surface area contributed by atoms with E-state index in [0.717, 1.165) is 6.42 Å². The highest BCUT2D eigenvalue weighted by molar-refractivity contribution is 7.26. The Morgan fingerprint density at radius 1 is 0.460 bits per heavy atom. The summed E-state index contributed by atoms with van der Waals surface area (Å²) in [5, 5.41) is 2.66. The molecule has 2 aliphatic carbocycles. The average molecular weight is 837 g/mol. The van der Waals surface area contributed by atoms with Crippen LogP contribution in [0.15, 0.2) is 127 Å². The summed E-state index contributed by atoms with van der Waals surface area (Å²) in [7, 11) is 0. The molecule has 0 spiro atoms. The van der Waals surface area contributed by atoms with Crippen molar-refractivity contribution in [3.05, 3.63) is 161 Å². The second kappa shape index (κ2) is 13.0. The number of hydrogen-bond acceptors (Lipinski definition) is 3. The van der Waals surface area contributed by atoms with Crippen LogP contribution in [-0.4, -0.2) is 6.71 Å². The summed E-state index contributed by atoms with van der Waals surface area (Å²) < 4.78 is 2.68. The van der Waals surface area contributed by atoms with Gasteiger partial charge in [-0.15, -0.1) is 11.3 Å². The Balaban J connectivity index is 1.22. The SMILES string of the molecule is Cc1cc2c3c(c1)N(c1cccc4c1sc1ccccc14)c1cc4c(cc1B3c1cc(-c3ccccc3)ccc1N2c1cc2c(cc1C)C(C)(C)CC2(C)C)C(C)(C)CCC4(C)C. The standard InChI is InChI=1S/C59H57BN2S/c1-35-27-51-54-52(28-35)62(48-21-16-20-40-39-19-14-15-22-53(39)63-55(40)48)50-33-43-42(56(3,4)25-26-57(43,5)6)31-46(50)60(54)45-30-38(37-17-12-11-13-18-37)23-24-47(45)61(51)49-32-44-41(29-36(49)2)58(7,8)34-59(44,9)10/h11-24,27-33H,25-26,34H2,1-10H3. The number of fused-ring (bicyclic) bond motifs is 9. The van der Waals surface area contributed by atoms with E-state index in [4.69, 9.17) is 0 Å². The van der Waals surface area contributed by atoms with Gasteiger partial charge in [0.1, 0.15) is 0 Å². The second-order valence-corrected chi connectivity index (χ2v) is 23.1. The van der Waals surface area contributed by atoms with Crippen molar-refractivity contribution in [3.8, 4) is 11.1 Å². The normalized spacial score (nSPS) is 18.2. The van der Waals surface area contributed by atoms with Crippen LogP contribution < -0.4 is 26.2 Å². The van der Waals surface area contributed by atoms with Gasteiger partial charge in [-0.1, -0.05) is 140 Å². The van der Waals surface area contributed by atoms with E-state index in [1.807, 2.05) is 11.3 Å². The molecule has 2 nitrogen and oxygen atoms in total. The first kappa shape index (κ1) is 39.0. The second-order valence-electron chi connectivity index (χ2n) is 22.1. The van der Waals surface area contributed by atoms with Gasteiger partial charge in [0.05, 0.1) is 10.4 Å². The summed E-state index contributed by atoms with van der Waals surface area (Å²) in [6.45, 7) is 24.4. The van der Waals surface area contributed by atoms with Crippen LogP contribution in [0, 0.1) is 13.8 Å². The predicted octanol–water partition coefficient (Wildman–Crippen LogP) is 14.7. The number of hydrogen-bond donors (Lipinski definition) is 0. The molecule has 0 amide bonds. The molecule has 1 aromatic heterocycles. The van der Waals surface area contributed by atoms with Crippen LogP contribution in [0.1, 0.15) is 108 Å². The summed E-state index contributed by atoms with van der Waals surface area (Å²) in [6, 6.07) is 49.8. The molecular weight excluding hydrogens is 780 g/mol. The molecule has 0 atom stereocenters. The molecular formula is C59H57BN2S. The van der Waals surface area contributed by atoms with Gasteiger partial charge in [0.15, 0.2) is 0 Å². The van der Waals surface area contributed by atoms with E-state index in [1.54, 1.807) is 0 Å². The van der Waals surface area contributed by atoms with Gasteiger partial charge >= 0.3 is 0 Å². The van der Waals surface area contributed by atoms with E-state index in [-0.39, 0.29) is 28.4 Å². The largest absolute Gasteiger partial charge is 0.311 e. The first-order chi connectivity index (χ1) is 30.0. The maximum atomic E-state index is 2.69. The maximum Gasteiger partial charge on any atom is 0.252 e. The number of nitrogens with zero attached hydrogens (tertiary/aromatic N) is 2. The van der Waals surface area contributed by atoms with Crippen LogP contribution >= 0.6 is 11.3 Å². The number of aryl methyl sites for hydroxylation is 2. The third kappa shape index (κ3) is 5.56. The minimum absolute atomic E-state index is 0.0367. The lowest BCUT2D eigenvalue weighted by Gasteiger charge is -2.47. The van der Waals surface area contributed by atoms with E-state index in [1.165, 1.54) is 128 Å². The van der Waals surface area contributed by atoms with Crippen LogP contribution in [-0.2, 0) is 21.7 Å². The monoisotopic (exact) mass is 836 g/mol. The van der Waals surface area contributed by atoms with Crippen molar-refractivity contribution >= 4 is 88.7 Å². The maximum absolute atomic E-state index is 2.69. The topological polar surface area (TPSA) is 6.48 Å². The molecule has 12 rings (SSSR count). The molecule has 312 valence electrons. The smallest absolute Gasteiger partial charge is 0.252 e. The summed E-state index contributed by atoms with van der Waals surface area (Å²) in [4.78, 5) is 5.36. The molecule has 3 heterocycles. The Labute approximate surface area is 378 Å². The number of rotatable bonds is 3. The molecule has 4 heteroatoms. The van der Waals surface area contributed by atoms with Gasteiger partial charge in [-0.2, -0.15) is 0 Å². The van der Waals surface area contributed by atoms with Crippen molar-refractivity contribution in [3.63, 3.8) is 0 Å². The molecule has 63 heavy (non-hydrogen) atoms. The molecule has 7 aromatic carbocycles. The van der Waals surface area contributed by atoms with E-state index in [2.05, 4.69) is 206 Å². The van der Waals surface area contributed by atoms with Crippen LogP contribution in [0.4, 0.5) is 34.1 Å².